The number of carbonyl (C=O) groups is 1. The Morgan fingerprint density at radius 2 is 2.38 bits per heavy atom. The molecule has 0 aromatic heterocycles. The van der Waals surface area contributed by atoms with Gasteiger partial charge in [-0.05, 0) is 12.2 Å². The molecular weight excluding hydrogens is 144 g/mol. The molecule has 0 fully saturated rings. The van der Waals surface area contributed by atoms with Crippen LogP contribution < -0.4 is 0 Å². The van der Waals surface area contributed by atoms with Gasteiger partial charge in [-0.15, -0.1) is 0 Å². The van der Waals surface area contributed by atoms with Gasteiger partial charge in [-0.25, -0.2) is 4.79 Å². The second kappa shape index (κ2) is 3.63. The van der Waals surface area contributed by atoms with Crippen LogP contribution >= 0.6 is 24.8 Å². The van der Waals surface area contributed by atoms with E-state index >= 15 is 0 Å². The van der Waals surface area contributed by atoms with E-state index < -0.39 is 5.97 Å². The van der Waals surface area contributed by atoms with E-state index in [4.69, 9.17) is 0 Å². The van der Waals surface area contributed by atoms with Crippen molar-refractivity contribution >= 4 is 35.2 Å². The highest BCUT2D eigenvalue weighted by Crippen LogP contribution is 1.87. The lowest BCUT2D eigenvalue weighted by Crippen LogP contribution is -2.00. The maximum atomic E-state index is 10.1. The lowest BCUT2D eigenvalue weighted by atomic mass is 10.7. The molecule has 0 saturated carbocycles. The van der Waals surface area contributed by atoms with Crippen LogP contribution in [0.4, 0.5) is 0 Å². The van der Waals surface area contributed by atoms with Crippen LogP contribution in [0.15, 0.2) is 12.7 Å². The van der Waals surface area contributed by atoms with Crippen molar-refractivity contribution < 1.29 is 9.53 Å². The number of hydrogen-bond donors (Lipinski definition) is 1. The van der Waals surface area contributed by atoms with E-state index in [-0.39, 0.29) is 4.38 Å². The topological polar surface area (TPSA) is 26.3 Å². The van der Waals surface area contributed by atoms with Crippen molar-refractivity contribution in [3.05, 3.63) is 12.7 Å². The largest absolute Gasteiger partial charge is 0.405 e. The van der Waals surface area contributed by atoms with Crippen molar-refractivity contribution in [1.82, 2.24) is 0 Å². The fourth-order valence-corrected chi connectivity index (χ4v) is 0.300. The van der Waals surface area contributed by atoms with Crippen molar-refractivity contribution in [2.75, 3.05) is 0 Å². The van der Waals surface area contributed by atoms with Gasteiger partial charge in [0, 0.05) is 6.08 Å². The SMILES string of the molecule is C=CC(=O)OC(=S)S. The molecule has 2 nitrogen and oxygen atoms in total. The second-order valence-electron chi connectivity index (χ2n) is 0.891. The minimum Gasteiger partial charge on any atom is -0.405 e. The fourth-order valence-electron chi connectivity index (χ4n) is 0.128. The molecule has 0 aliphatic carbocycles. The highest BCUT2D eigenvalue weighted by atomic mass is 32.1. The molecule has 0 amide bonds. The number of rotatable bonds is 1. The van der Waals surface area contributed by atoms with Gasteiger partial charge in [0.1, 0.15) is 0 Å². The summed E-state index contributed by atoms with van der Waals surface area (Å²) in [6.07, 6.45) is 1.02. The molecule has 0 saturated heterocycles. The summed E-state index contributed by atoms with van der Waals surface area (Å²) < 4.78 is 4.15. The van der Waals surface area contributed by atoms with Gasteiger partial charge in [-0.2, -0.15) is 0 Å². The Labute approximate surface area is 57.9 Å². The van der Waals surface area contributed by atoms with E-state index in [1.54, 1.807) is 0 Å². The first-order valence-corrected chi connectivity index (χ1v) is 2.59. The zero-order valence-electron chi connectivity index (χ0n) is 3.96. The van der Waals surface area contributed by atoms with Crippen LogP contribution in [0.2, 0.25) is 0 Å². The lowest BCUT2D eigenvalue weighted by Gasteiger charge is -1.91. The quantitative estimate of drug-likeness (QED) is 0.259. The van der Waals surface area contributed by atoms with E-state index in [1.807, 2.05) is 0 Å². The van der Waals surface area contributed by atoms with Gasteiger partial charge in [0.15, 0.2) is 0 Å². The predicted molar refractivity (Wildman–Crippen MR) is 37.9 cm³/mol. The van der Waals surface area contributed by atoms with Crippen LogP contribution in [0.5, 0.6) is 0 Å². The summed E-state index contributed by atoms with van der Waals surface area (Å²) in [4.78, 5) is 10.1. The van der Waals surface area contributed by atoms with Gasteiger partial charge in [-0.3, -0.25) is 0 Å². The van der Waals surface area contributed by atoms with Gasteiger partial charge >= 0.3 is 5.97 Å². The van der Waals surface area contributed by atoms with Crippen LogP contribution in [0.25, 0.3) is 0 Å². The highest BCUT2D eigenvalue weighted by Gasteiger charge is 1.94. The summed E-state index contributed by atoms with van der Waals surface area (Å²) in [6, 6.07) is 0. The van der Waals surface area contributed by atoms with Crippen molar-refractivity contribution in [3.8, 4) is 0 Å². The lowest BCUT2D eigenvalue weighted by molar-refractivity contribution is -0.129. The molecule has 0 atom stereocenters. The van der Waals surface area contributed by atoms with Crippen molar-refractivity contribution in [2.24, 2.45) is 0 Å². The average Bonchev–Trinajstić information content (AvgIpc) is 1.65. The van der Waals surface area contributed by atoms with Crippen LogP contribution in [0, 0.1) is 0 Å². The third-order valence-corrected chi connectivity index (χ3v) is 0.529. The normalized spacial score (nSPS) is 7.62. The number of thiocarbonyl (C=S) groups is 1. The Kier molecular flexibility index (Phi) is 3.47. The first kappa shape index (κ1) is 7.65. The molecule has 0 heterocycles. The summed E-state index contributed by atoms with van der Waals surface area (Å²) >= 11 is 7.84. The maximum Gasteiger partial charge on any atom is 0.336 e. The Morgan fingerprint density at radius 1 is 1.88 bits per heavy atom. The van der Waals surface area contributed by atoms with Crippen LogP contribution in [0.3, 0.4) is 0 Å². The number of carbonyl (C=O) groups excluding carboxylic acids is 1. The van der Waals surface area contributed by atoms with Crippen molar-refractivity contribution in [2.45, 2.75) is 0 Å². The minimum atomic E-state index is -0.579. The van der Waals surface area contributed by atoms with E-state index in [2.05, 4.69) is 36.2 Å². The third kappa shape index (κ3) is 3.83. The van der Waals surface area contributed by atoms with Gasteiger partial charge in [0.05, 0.1) is 0 Å². The Balaban J connectivity index is 3.55. The van der Waals surface area contributed by atoms with E-state index in [1.165, 1.54) is 0 Å². The Morgan fingerprint density at radius 3 is 2.50 bits per heavy atom. The van der Waals surface area contributed by atoms with E-state index in [9.17, 15) is 4.79 Å². The van der Waals surface area contributed by atoms with Crippen LogP contribution in [0.1, 0.15) is 0 Å². The first-order chi connectivity index (χ1) is 3.66. The van der Waals surface area contributed by atoms with Gasteiger partial charge in [-0.1, -0.05) is 19.2 Å². The summed E-state index contributed by atoms with van der Waals surface area (Å²) in [6.45, 7) is 3.15. The molecule has 0 unspecified atom stereocenters. The number of ether oxygens (including phenoxy) is 1. The van der Waals surface area contributed by atoms with Gasteiger partial charge < -0.3 is 4.74 Å². The van der Waals surface area contributed by atoms with Crippen LogP contribution in [-0.4, -0.2) is 10.4 Å². The summed E-state index contributed by atoms with van der Waals surface area (Å²) in [5.74, 6) is -0.579. The third-order valence-electron chi connectivity index (χ3n) is 0.355. The van der Waals surface area contributed by atoms with Crippen molar-refractivity contribution in [3.63, 3.8) is 0 Å². The van der Waals surface area contributed by atoms with Crippen molar-refractivity contribution in [1.29, 1.82) is 0 Å². The molecular formula is C4H4O2S2. The molecule has 0 radical (unpaired) electrons. The number of hydrogen-bond acceptors (Lipinski definition) is 3. The molecule has 0 N–H and O–H groups in total. The smallest absolute Gasteiger partial charge is 0.336 e. The molecule has 8 heavy (non-hydrogen) atoms. The molecule has 0 aliphatic rings. The maximum absolute atomic E-state index is 10.1. The second-order valence-corrected chi connectivity index (χ2v) is 1.97. The molecule has 0 spiro atoms. The van der Waals surface area contributed by atoms with E-state index in [0.717, 1.165) is 6.08 Å². The highest BCUT2D eigenvalue weighted by molar-refractivity contribution is 8.10. The zero-order chi connectivity index (χ0) is 6.57. The summed E-state index contributed by atoms with van der Waals surface area (Å²) in [7, 11) is 0. The van der Waals surface area contributed by atoms with Gasteiger partial charge in [0.2, 0.25) is 4.38 Å². The molecule has 4 heteroatoms. The number of esters is 1. The molecule has 0 rings (SSSR count). The standard InChI is InChI=1S/C4H4O2S2/c1-2-3(5)6-4(7)8/h2H,1H2,(H,7,8). The summed E-state index contributed by atoms with van der Waals surface area (Å²) in [5.41, 5.74) is 0. The number of thiol groups is 1. The zero-order valence-corrected chi connectivity index (χ0v) is 5.67. The van der Waals surface area contributed by atoms with Gasteiger partial charge in [0.25, 0.3) is 0 Å². The molecule has 0 aromatic rings. The minimum absolute atomic E-state index is 0.0881. The van der Waals surface area contributed by atoms with E-state index in [0.29, 0.717) is 0 Å². The molecule has 44 valence electrons. The monoisotopic (exact) mass is 148 g/mol. The molecule has 0 bridgehead atoms. The Hall–Kier alpha value is -0.350. The molecule has 0 aromatic carbocycles. The molecule has 0 aliphatic heterocycles. The van der Waals surface area contributed by atoms with Crippen LogP contribution in [-0.2, 0) is 9.53 Å². The Bertz CT molecular complexity index is 130. The predicted octanol–water partition coefficient (Wildman–Crippen LogP) is 0.930. The average molecular weight is 148 g/mol. The fraction of sp³-hybridized carbons (Fsp3) is 0. The first-order valence-electron chi connectivity index (χ1n) is 1.74. The summed E-state index contributed by atoms with van der Waals surface area (Å²) in [5, 5.41) is 0.